The molecule has 0 aliphatic carbocycles. The van der Waals surface area contributed by atoms with E-state index in [1.54, 1.807) is 6.07 Å². The van der Waals surface area contributed by atoms with E-state index in [-0.39, 0.29) is 11.5 Å². The average Bonchev–Trinajstić information content (AvgIpc) is 2.69. The van der Waals surface area contributed by atoms with Gasteiger partial charge in [0.1, 0.15) is 0 Å². The van der Waals surface area contributed by atoms with Gasteiger partial charge in [-0.2, -0.15) is 0 Å². The summed E-state index contributed by atoms with van der Waals surface area (Å²) in [6, 6.07) is 12.9. The van der Waals surface area contributed by atoms with Gasteiger partial charge < -0.3 is 20.1 Å². The number of piperazine rings is 1. The molecule has 1 fully saturated rings. The van der Waals surface area contributed by atoms with Gasteiger partial charge in [0.25, 0.3) is 0 Å². The Morgan fingerprint density at radius 3 is 2.48 bits per heavy atom. The number of hydrogen-bond donors (Lipinski definition) is 2. The first-order valence-corrected chi connectivity index (χ1v) is 9.19. The standard InChI is InChI=1S/C21H27N3O3/c1-23-10-12-24(13-11-23)15-19(25)16-6-8-18(9-7-16)22-14-17-4-3-5-20(27-2)21(17)26/h3-9,22,26H,10-15H2,1-2H3. The number of benzene rings is 2. The molecule has 0 unspecified atom stereocenters. The van der Waals surface area contributed by atoms with E-state index in [4.69, 9.17) is 4.74 Å². The average molecular weight is 369 g/mol. The molecule has 1 aliphatic heterocycles. The molecule has 0 saturated carbocycles. The van der Waals surface area contributed by atoms with Crippen LogP contribution in [0.3, 0.4) is 0 Å². The molecule has 2 aromatic rings. The highest BCUT2D eigenvalue weighted by Gasteiger charge is 2.17. The number of nitrogens with one attached hydrogen (secondary N) is 1. The predicted octanol–water partition coefficient (Wildman–Crippen LogP) is 2.44. The maximum Gasteiger partial charge on any atom is 0.176 e. The van der Waals surface area contributed by atoms with Crippen molar-refractivity contribution in [2.45, 2.75) is 6.54 Å². The maximum atomic E-state index is 12.5. The molecule has 0 atom stereocenters. The van der Waals surface area contributed by atoms with Gasteiger partial charge in [-0.15, -0.1) is 0 Å². The second-order valence-electron chi connectivity index (χ2n) is 6.90. The number of carbonyl (C=O) groups excluding carboxylic acids is 1. The number of likely N-dealkylation sites (N-methyl/N-ethyl adjacent to an activating group) is 1. The van der Waals surface area contributed by atoms with Crippen LogP contribution in [0.25, 0.3) is 0 Å². The van der Waals surface area contributed by atoms with Gasteiger partial charge in [-0.3, -0.25) is 9.69 Å². The van der Waals surface area contributed by atoms with Gasteiger partial charge in [0, 0.05) is 49.5 Å². The number of para-hydroxylation sites is 1. The number of rotatable bonds is 7. The summed E-state index contributed by atoms with van der Waals surface area (Å²) in [5.41, 5.74) is 2.38. The van der Waals surface area contributed by atoms with Gasteiger partial charge in [-0.1, -0.05) is 12.1 Å². The predicted molar refractivity (Wildman–Crippen MR) is 107 cm³/mol. The zero-order chi connectivity index (χ0) is 19.2. The molecule has 0 spiro atoms. The van der Waals surface area contributed by atoms with E-state index < -0.39 is 0 Å². The van der Waals surface area contributed by atoms with Gasteiger partial charge in [-0.05, 0) is 37.4 Å². The summed E-state index contributed by atoms with van der Waals surface area (Å²) < 4.78 is 5.13. The molecule has 6 heteroatoms. The van der Waals surface area contributed by atoms with Gasteiger partial charge in [0.15, 0.2) is 17.3 Å². The van der Waals surface area contributed by atoms with Crippen molar-refractivity contribution < 1.29 is 14.6 Å². The Balaban J connectivity index is 1.55. The van der Waals surface area contributed by atoms with Gasteiger partial charge >= 0.3 is 0 Å². The van der Waals surface area contributed by atoms with Crippen LogP contribution in [0.2, 0.25) is 0 Å². The number of nitrogens with zero attached hydrogens (tertiary/aromatic N) is 2. The second-order valence-corrected chi connectivity index (χ2v) is 6.90. The number of ketones is 1. The van der Waals surface area contributed by atoms with Crippen LogP contribution in [0.1, 0.15) is 15.9 Å². The lowest BCUT2D eigenvalue weighted by Gasteiger charge is -2.31. The van der Waals surface area contributed by atoms with E-state index in [0.717, 1.165) is 43.0 Å². The van der Waals surface area contributed by atoms with E-state index in [0.29, 0.717) is 18.8 Å². The first-order valence-electron chi connectivity index (χ1n) is 9.19. The van der Waals surface area contributed by atoms with Crippen LogP contribution < -0.4 is 10.1 Å². The highest BCUT2D eigenvalue weighted by atomic mass is 16.5. The quantitative estimate of drug-likeness (QED) is 0.731. The van der Waals surface area contributed by atoms with Crippen LogP contribution >= 0.6 is 0 Å². The Morgan fingerprint density at radius 1 is 1.11 bits per heavy atom. The van der Waals surface area contributed by atoms with Gasteiger partial charge in [-0.25, -0.2) is 0 Å². The summed E-state index contributed by atoms with van der Waals surface area (Å²) in [5.74, 6) is 0.752. The number of carbonyl (C=O) groups is 1. The molecule has 2 N–H and O–H groups in total. The number of Topliss-reactive ketones (excluding diaryl/α,β-unsaturated/α-hetero) is 1. The lowest BCUT2D eigenvalue weighted by Crippen LogP contribution is -2.46. The maximum absolute atomic E-state index is 12.5. The monoisotopic (exact) mass is 369 g/mol. The summed E-state index contributed by atoms with van der Waals surface area (Å²) in [4.78, 5) is 17.0. The number of phenols is 1. The fourth-order valence-electron chi connectivity index (χ4n) is 3.15. The van der Waals surface area contributed by atoms with Crippen molar-refractivity contribution in [3.63, 3.8) is 0 Å². The Kier molecular flexibility index (Phi) is 6.32. The van der Waals surface area contributed by atoms with Gasteiger partial charge in [0.05, 0.1) is 13.7 Å². The van der Waals surface area contributed by atoms with Crippen molar-refractivity contribution in [2.75, 3.05) is 52.2 Å². The Hall–Kier alpha value is -2.57. The summed E-state index contributed by atoms with van der Waals surface area (Å²) in [6.45, 7) is 4.83. The Labute approximate surface area is 160 Å². The molecule has 1 saturated heterocycles. The van der Waals surface area contributed by atoms with Crippen LogP contribution in [0.15, 0.2) is 42.5 Å². The largest absolute Gasteiger partial charge is 0.504 e. The molecular weight excluding hydrogens is 342 g/mol. The van der Waals surface area contributed by atoms with Crippen molar-refractivity contribution in [2.24, 2.45) is 0 Å². The lowest BCUT2D eigenvalue weighted by molar-refractivity contribution is 0.0876. The molecular formula is C21H27N3O3. The minimum atomic E-state index is 0.145. The van der Waals surface area contributed by atoms with Crippen molar-refractivity contribution >= 4 is 11.5 Å². The molecule has 3 rings (SSSR count). The number of methoxy groups -OCH3 is 1. The Morgan fingerprint density at radius 2 is 1.81 bits per heavy atom. The topological polar surface area (TPSA) is 65.0 Å². The van der Waals surface area contributed by atoms with Crippen LogP contribution in [0.5, 0.6) is 11.5 Å². The van der Waals surface area contributed by atoms with E-state index in [2.05, 4.69) is 22.2 Å². The SMILES string of the molecule is COc1cccc(CNc2ccc(C(=O)CN3CCN(C)CC3)cc2)c1O. The highest BCUT2D eigenvalue weighted by Crippen LogP contribution is 2.29. The molecule has 1 heterocycles. The Bertz CT molecular complexity index is 769. The summed E-state index contributed by atoms with van der Waals surface area (Å²) in [5, 5.41) is 13.4. The second kappa shape index (κ2) is 8.88. The van der Waals surface area contributed by atoms with Crippen molar-refractivity contribution in [3.8, 4) is 11.5 Å². The van der Waals surface area contributed by atoms with Crippen LogP contribution in [0, 0.1) is 0 Å². The van der Waals surface area contributed by atoms with Crippen LogP contribution in [-0.2, 0) is 6.54 Å². The summed E-state index contributed by atoms with van der Waals surface area (Å²) in [6.07, 6.45) is 0. The van der Waals surface area contributed by atoms with E-state index in [1.165, 1.54) is 7.11 Å². The smallest absolute Gasteiger partial charge is 0.176 e. The molecule has 27 heavy (non-hydrogen) atoms. The zero-order valence-electron chi connectivity index (χ0n) is 15.9. The van der Waals surface area contributed by atoms with Crippen molar-refractivity contribution in [1.29, 1.82) is 0 Å². The molecule has 0 amide bonds. The fraction of sp³-hybridized carbons (Fsp3) is 0.381. The van der Waals surface area contributed by atoms with E-state index in [9.17, 15) is 9.90 Å². The summed E-state index contributed by atoms with van der Waals surface area (Å²) in [7, 11) is 3.64. The molecule has 0 bridgehead atoms. The third kappa shape index (κ3) is 4.99. The molecule has 1 aliphatic rings. The van der Waals surface area contributed by atoms with Crippen molar-refractivity contribution in [1.82, 2.24) is 9.80 Å². The van der Waals surface area contributed by atoms with Crippen LogP contribution in [-0.4, -0.2) is 67.6 Å². The summed E-state index contributed by atoms with van der Waals surface area (Å²) >= 11 is 0. The van der Waals surface area contributed by atoms with E-state index >= 15 is 0 Å². The number of aromatic hydroxyl groups is 1. The first-order chi connectivity index (χ1) is 13.1. The molecule has 0 radical (unpaired) electrons. The molecule has 6 nitrogen and oxygen atoms in total. The third-order valence-electron chi connectivity index (χ3n) is 4.96. The molecule has 0 aromatic heterocycles. The highest BCUT2D eigenvalue weighted by molar-refractivity contribution is 5.97. The normalized spacial score (nSPS) is 15.5. The minimum absolute atomic E-state index is 0.145. The minimum Gasteiger partial charge on any atom is -0.504 e. The third-order valence-corrected chi connectivity index (χ3v) is 4.96. The molecule has 2 aromatic carbocycles. The van der Waals surface area contributed by atoms with E-state index in [1.807, 2.05) is 36.4 Å². The van der Waals surface area contributed by atoms with Crippen LogP contribution in [0.4, 0.5) is 5.69 Å². The number of hydrogen-bond acceptors (Lipinski definition) is 6. The fourth-order valence-corrected chi connectivity index (χ4v) is 3.15. The number of ether oxygens (including phenoxy) is 1. The number of phenolic OH excluding ortho intramolecular Hbond substituents is 1. The first kappa shape index (κ1) is 19.2. The van der Waals surface area contributed by atoms with Crippen molar-refractivity contribution in [3.05, 3.63) is 53.6 Å². The van der Waals surface area contributed by atoms with Gasteiger partial charge in [0.2, 0.25) is 0 Å². The number of anilines is 1. The zero-order valence-corrected chi connectivity index (χ0v) is 15.9. The molecule has 144 valence electrons. The lowest BCUT2D eigenvalue weighted by atomic mass is 10.1.